The van der Waals surface area contributed by atoms with Gasteiger partial charge in [0.25, 0.3) is 0 Å². The zero-order valence-electron chi connectivity index (χ0n) is 20.9. The second kappa shape index (κ2) is 11.2. The average molecular weight is 502 g/mol. The molecule has 34 heavy (non-hydrogen) atoms. The number of pyridine rings is 1. The van der Waals surface area contributed by atoms with Crippen LogP contribution in [-0.2, 0) is 32.1 Å². The van der Waals surface area contributed by atoms with Crippen molar-refractivity contribution in [3.63, 3.8) is 0 Å². The fraction of sp³-hybridized carbons (Fsp3) is 0.357. The third kappa shape index (κ3) is 6.68. The third-order valence-electron chi connectivity index (χ3n) is 5.44. The van der Waals surface area contributed by atoms with E-state index in [1.165, 1.54) is 0 Å². The van der Waals surface area contributed by atoms with Gasteiger partial charge in [-0.3, -0.25) is 9.98 Å². The van der Waals surface area contributed by atoms with Gasteiger partial charge in [-0.15, -0.1) is 5.69 Å². The molecule has 0 N–H and O–H groups in total. The fourth-order valence-corrected chi connectivity index (χ4v) is 3.44. The fourth-order valence-electron chi connectivity index (χ4n) is 3.44. The Balaban J connectivity index is 0.00000408. The van der Waals surface area contributed by atoms with Gasteiger partial charge in [0.15, 0.2) is 0 Å². The summed E-state index contributed by atoms with van der Waals surface area (Å²) in [6.45, 7) is 12.6. The van der Waals surface area contributed by atoms with Gasteiger partial charge < -0.3 is 15.2 Å². The number of ether oxygens (including phenoxy) is 1. The van der Waals surface area contributed by atoms with E-state index in [9.17, 15) is 5.11 Å². The smallest absolute Gasteiger partial charge is 0.871 e. The molecule has 0 unspecified atom stereocenters. The molecule has 0 radical (unpaired) electrons. The van der Waals surface area contributed by atoms with Crippen LogP contribution in [0.3, 0.4) is 0 Å². The maximum atomic E-state index is 13.2. The van der Waals surface area contributed by atoms with E-state index in [2.05, 4.69) is 51.5 Å². The van der Waals surface area contributed by atoms with Gasteiger partial charge in [-0.05, 0) is 45.7 Å². The molecular formula is C28H33N3NiO2. The van der Waals surface area contributed by atoms with Crippen molar-refractivity contribution in [1.29, 1.82) is 0 Å². The Morgan fingerprint density at radius 2 is 1.65 bits per heavy atom. The maximum absolute atomic E-state index is 13.2. The van der Waals surface area contributed by atoms with Crippen molar-refractivity contribution in [3.05, 3.63) is 88.5 Å². The molecule has 5 nitrogen and oxygen atoms in total. The average Bonchev–Trinajstić information content (AvgIpc) is 2.76. The summed E-state index contributed by atoms with van der Waals surface area (Å²) in [5.74, 6) is -0.0376. The summed E-state index contributed by atoms with van der Waals surface area (Å²) in [7, 11) is 1.61. The molecule has 0 amide bonds. The molecule has 0 fully saturated rings. The Labute approximate surface area is 213 Å². The Morgan fingerprint density at radius 3 is 2.24 bits per heavy atom. The summed E-state index contributed by atoms with van der Waals surface area (Å²) in [6.07, 6.45) is 2.89. The van der Waals surface area contributed by atoms with Crippen LogP contribution in [0.25, 0.3) is 5.32 Å². The molecule has 6 heteroatoms. The van der Waals surface area contributed by atoms with Crippen LogP contribution in [0, 0.1) is 0 Å². The monoisotopic (exact) mass is 501 g/mol. The van der Waals surface area contributed by atoms with Crippen LogP contribution in [0.4, 0.5) is 11.4 Å². The quantitative estimate of drug-likeness (QED) is 0.274. The molecule has 1 atom stereocenters. The number of rotatable bonds is 6. The molecule has 2 aromatic carbocycles. The molecule has 0 saturated carbocycles. The summed E-state index contributed by atoms with van der Waals surface area (Å²) in [4.78, 5) is 8.99. The minimum atomic E-state index is -0.535. The molecular weight excluding hydrogens is 469 g/mol. The van der Waals surface area contributed by atoms with Crippen LogP contribution in [0.5, 0.6) is 5.75 Å². The topological polar surface area (TPSA) is 71.6 Å². The molecule has 0 bridgehead atoms. The largest absolute Gasteiger partial charge is 2.00 e. The molecule has 1 aromatic heterocycles. The third-order valence-corrected chi connectivity index (χ3v) is 5.44. The SMILES string of the molecule is CO[C@H]([N-]c1ccccc1C=Nc1cc(C(C)(C)C)cc(C(C)(C)C)c1[O-])c1ccccn1.[Ni+2]. The predicted molar refractivity (Wildman–Crippen MR) is 134 cm³/mol. The standard InChI is InChI=1S/C28H34N3O2.Ni/c1-27(2,3)20-16-21(28(4,5)6)25(32)24(17-20)30-18-19-12-8-9-13-22(19)31-26(33-7)23-14-10-11-15-29-23;/h8-18,26H,1-7H3,(H-,30,31,32);/q-1;+2/p-1/t26-;/m0./s1. The van der Waals surface area contributed by atoms with Crippen molar-refractivity contribution in [2.24, 2.45) is 4.99 Å². The maximum Gasteiger partial charge on any atom is 2.00 e. The number of nitrogens with zero attached hydrogens (tertiary/aromatic N) is 3. The van der Waals surface area contributed by atoms with E-state index < -0.39 is 6.23 Å². The van der Waals surface area contributed by atoms with Crippen molar-refractivity contribution < 1.29 is 26.3 Å². The summed E-state index contributed by atoms with van der Waals surface area (Å²) in [6, 6.07) is 17.2. The normalized spacial score (nSPS) is 12.9. The first-order valence-corrected chi connectivity index (χ1v) is 11.1. The Kier molecular flexibility index (Phi) is 9.04. The van der Waals surface area contributed by atoms with E-state index >= 15 is 0 Å². The summed E-state index contributed by atoms with van der Waals surface area (Å²) in [5, 5.41) is 18.0. The van der Waals surface area contributed by atoms with E-state index in [0.717, 1.165) is 22.4 Å². The van der Waals surface area contributed by atoms with Gasteiger partial charge in [0, 0.05) is 25.7 Å². The molecule has 3 rings (SSSR count). The molecule has 0 spiro atoms. The first-order valence-electron chi connectivity index (χ1n) is 11.1. The predicted octanol–water partition coefficient (Wildman–Crippen LogP) is 6.85. The minimum absolute atomic E-state index is 0. The Bertz CT molecular complexity index is 1120. The first-order chi connectivity index (χ1) is 15.5. The molecule has 3 aromatic rings. The molecule has 182 valence electrons. The number of hydrogen-bond donors (Lipinski definition) is 0. The van der Waals surface area contributed by atoms with Crippen molar-refractivity contribution in [1.82, 2.24) is 4.98 Å². The Morgan fingerprint density at radius 1 is 0.971 bits per heavy atom. The van der Waals surface area contributed by atoms with Crippen LogP contribution >= 0.6 is 0 Å². The number of para-hydroxylation sites is 1. The minimum Gasteiger partial charge on any atom is -0.871 e. The van der Waals surface area contributed by atoms with E-state index in [0.29, 0.717) is 11.4 Å². The molecule has 0 aliphatic rings. The summed E-state index contributed by atoms with van der Waals surface area (Å²) in [5.41, 5.74) is 4.17. The van der Waals surface area contributed by atoms with Crippen LogP contribution < -0.4 is 5.11 Å². The van der Waals surface area contributed by atoms with Crippen molar-refractivity contribution >= 4 is 17.6 Å². The van der Waals surface area contributed by atoms with Crippen LogP contribution in [0.2, 0.25) is 0 Å². The zero-order valence-corrected chi connectivity index (χ0v) is 21.9. The molecule has 1 heterocycles. The number of benzene rings is 2. The van der Waals surface area contributed by atoms with Crippen LogP contribution in [0.1, 0.15) is 70.2 Å². The zero-order chi connectivity index (χ0) is 24.2. The van der Waals surface area contributed by atoms with Crippen LogP contribution in [-0.4, -0.2) is 18.3 Å². The van der Waals surface area contributed by atoms with Gasteiger partial charge in [-0.25, -0.2) is 0 Å². The summed E-state index contributed by atoms with van der Waals surface area (Å²) >= 11 is 0. The van der Waals surface area contributed by atoms with E-state index in [4.69, 9.17) is 10.1 Å². The van der Waals surface area contributed by atoms with Crippen molar-refractivity contribution in [2.45, 2.75) is 58.6 Å². The van der Waals surface area contributed by atoms with E-state index in [-0.39, 0.29) is 33.1 Å². The van der Waals surface area contributed by atoms with E-state index in [1.807, 2.05) is 54.6 Å². The molecule has 0 aliphatic carbocycles. The number of hydrogen-bond acceptors (Lipinski definition) is 4. The van der Waals surface area contributed by atoms with Gasteiger partial charge in [0.1, 0.15) is 0 Å². The van der Waals surface area contributed by atoms with Gasteiger partial charge in [-0.2, -0.15) is 0 Å². The Hall–Kier alpha value is -2.69. The van der Waals surface area contributed by atoms with Crippen molar-refractivity contribution in [2.75, 3.05) is 7.11 Å². The summed E-state index contributed by atoms with van der Waals surface area (Å²) < 4.78 is 5.56. The number of aromatic nitrogens is 1. The van der Waals surface area contributed by atoms with Gasteiger partial charge in [-0.1, -0.05) is 83.7 Å². The van der Waals surface area contributed by atoms with Gasteiger partial charge in [0.05, 0.1) is 11.4 Å². The number of aliphatic imine (C=N–C) groups is 1. The first kappa shape index (κ1) is 27.6. The van der Waals surface area contributed by atoms with Gasteiger partial charge in [0.2, 0.25) is 0 Å². The number of methoxy groups -OCH3 is 1. The second-order valence-corrected chi connectivity index (χ2v) is 10.2. The van der Waals surface area contributed by atoms with Gasteiger partial charge >= 0.3 is 16.5 Å². The molecule has 0 aliphatic heterocycles. The molecule has 0 saturated heterocycles. The van der Waals surface area contributed by atoms with E-state index in [1.54, 1.807) is 19.5 Å². The second-order valence-electron chi connectivity index (χ2n) is 10.2. The van der Waals surface area contributed by atoms with Crippen molar-refractivity contribution in [3.8, 4) is 5.75 Å². The van der Waals surface area contributed by atoms with Crippen LogP contribution in [0.15, 0.2) is 65.8 Å².